The van der Waals surface area contributed by atoms with E-state index < -0.39 is 10.1 Å². The lowest BCUT2D eigenvalue weighted by Crippen LogP contribution is -2.32. The molecule has 3 N–H and O–H groups in total. The van der Waals surface area contributed by atoms with E-state index in [0.717, 1.165) is 4.68 Å². The predicted molar refractivity (Wildman–Crippen MR) is 74.1 cm³/mol. The van der Waals surface area contributed by atoms with Crippen LogP contribution in [-0.2, 0) is 10.1 Å². The van der Waals surface area contributed by atoms with Crippen LogP contribution in [0.15, 0.2) is 35.1 Å². The highest BCUT2D eigenvalue weighted by atomic mass is 32.2. The van der Waals surface area contributed by atoms with Crippen LogP contribution in [0, 0.1) is 6.92 Å². The van der Waals surface area contributed by atoms with E-state index >= 15 is 0 Å². The summed E-state index contributed by atoms with van der Waals surface area (Å²) in [5.41, 5.74) is 0.645. The zero-order chi connectivity index (χ0) is 15.3. The molecular formula is C11H14N4O4S. The predicted octanol–water partition coefficient (Wildman–Crippen LogP) is -0.168. The first-order chi connectivity index (χ1) is 9.20. The van der Waals surface area contributed by atoms with Gasteiger partial charge in [0.15, 0.2) is 11.5 Å². The number of benzene rings is 1. The average Bonchev–Trinajstić information content (AvgIpc) is 2.35. The van der Waals surface area contributed by atoms with Gasteiger partial charge in [-0.2, -0.15) is 8.42 Å². The molecular weight excluding hydrogens is 284 g/mol. The summed E-state index contributed by atoms with van der Waals surface area (Å²) >= 11 is 0. The Hall–Kier alpha value is -2.26. The number of hydrogen-bond acceptors (Lipinski definition) is 6. The first kappa shape index (κ1) is 15.8. The van der Waals surface area contributed by atoms with Crippen molar-refractivity contribution in [3.05, 3.63) is 46.5 Å². The van der Waals surface area contributed by atoms with Crippen LogP contribution in [-0.4, -0.2) is 34.1 Å². The molecule has 0 aliphatic heterocycles. The molecule has 0 amide bonds. The summed E-state index contributed by atoms with van der Waals surface area (Å²) in [6.45, 7) is 1.63. The number of nitrogens with zero attached hydrogens (tertiary/aromatic N) is 3. The molecule has 0 saturated carbocycles. The van der Waals surface area contributed by atoms with Crippen molar-refractivity contribution in [2.45, 2.75) is 6.92 Å². The van der Waals surface area contributed by atoms with Gasteiger partial charge in [0.2, 0.25) is 0 Å². The fourth-order valence-corrected chi connectivity index (χ4v) is 1.25. The Morgan fingerprint density at radius 1 is 1.20 bits per heavy atom. The fourth-order valence-electron chi connectivity index (χ4n) is 1.25. The van der Waals surface area contributed by atoms with Crippen LogP contribution in [0.2, 0.25) is 0 Å². The molecule has 108 valence electrons. The Morgan fingerprint density at radius 2 is 1.70 bits per heavy atom. The van der Waals surface area contributed by atoms with E-state index in [0.29, 0.717) is 17.6 Å². The van der Waals surface area contributed by atoms with Crippen LogP contribution >= 0.6 is 0 Å². The van der Waals surface area contributed by atoms with Crippen molar-refractivity contribution < 1.29 is 13.0 Å². The van der Waals surface area contributed by atoms with Crippen LogP contribution in [0.4, 0.5) is 0 Å². The molecule has 0 radical (unpaired) electrons. The Morgan fingerprint density at radius 3 is 2.20 bits per heavy atom. The van der Waals surface area contributed by atoms with Gasteiger partial charge in [0.1, 0.15) is 0 Å². The first-order valence-electron chi connectivity index (χ1n) is 5.39. The molecule has 1 heterocycles. The molecule has 9 heteroatoms. The molecule has 0 aliphatic rings. The van der Waals surface area contributed by atoms with Crippen LogP contribution in [0.25, 0.3) is 11.3 Å². The number of hydrogen-bond donors (Lipinski definition) is 2. The van der Waals surface area contributed by atoms with E-state index in [-0.39, 0.29) is 11.3 Å². The van der Waals surface area contributed by atoms with E-state index in [1.165, 1.54) is 0 Å². The Balaban J connectivity index is 0.000000347. The van der Waals surface area contributed by atoms with Gasteiger partial charge in [0.05, 0.1) is 6.26 Å². The molecule has 0 aliphatic carbocycles. The third kappa shape index (κ3) is 4.78. The fraction of sp³-hybridized carbons (Fsp3) is 0.182. The molecule has 2 aromatic rings. The lowest BCUT2D eigenvalue weighted by molar-refractivity contribution is 0.490. The van der Waals surface area contributed by atoms with E-state index in [2.05, 4.69) is 10.2 Å². The molecule has 20 heavy (non-hydrogen) atoms. The van der Waals surface area contributed by atoms with Crippen molar-refractivity contribution >= 4 is 10.1 Å². The van der Waals surface area contributed by atoms with Gasteiger partial charge in [0.25, 0.3) is 15.7 Å². The summed E-state index contributed by atoms with van der Waals surface area (Å²) in [4.78, 5) is 11.7. The van der Waals surface area contributed by atoms with Crippen molar-refractivity contribution in [3.8, 4) is 11.3 Å². The van der Waals surface area contributed by atoms with E-state index in [4.69, 9.17) is 10.4 Å². The molecule has 0 bridgehead atoms. The van der Waals surface area contributed by atoms with Crippen molar-refractivity contribution in [2.24, 2.45) is 0 Å². The average molecular weight is 298 g/mol. The lowest BCUT2D eigenvalue weighted by atomic mass is 10.2. The van der Waals surface area contributed by atoms with Crippen LogP contribution in [0.1, 0.15) is 5.82 Å². The second kappa shape index (κ2) is 6.26. The second-order valence-corrected chi connectivity index (χ2v) is 5.34. The molecule has 1 aromatic heterocycles. The lowest BCUT2D eigenvalue weighted by Gasteiger charge is -2.03. The van der Waals surface area contributed by atoms with Gasteiger partial charge in [-0.3, -0.25) is 9.35 Å². The molecule has 0 fully saturated rings. The van der Waals surface area contributed by atoms with Gasteiger partial charge in [-0.1, -0.05) is 30.3 Å². The maximum Gasteiger partial charge on any atom is 0.298 e. The number of aromatic nitrogens is 3. The largest absolute Gasteiger partial charge is 0.335 e. The summed E-state index contributed by atoms with van der Waals surface area (Å²) in [6.07, 6.45) is 0.715. The Bertz CT molecular complexity index is 733. The molecule has 0 saturated heterocycles. The van der Waals surface area contributed by atoms with Crippen molar-refractivity contribution in [2.75, 3.05) is 12.1 Å². The summed E-state index contributed by atoms with van der Waals surface area (Å²) < 4.78 is 26.9. The summed E-state index contributed by atoms with van der Waals surface area (Å²) in [5, 5.41) is 7.65. The van der Waals surface area contributed by atoms with E-state index in [1.54, 1.807) is 19.1 Å². The minimum Gasteiger partial charge on any atom is -0.335 e. The highest BCUT2D eigenvalue weighted by molar-refractivity contribution is 7.85. The number of nitrogens with two attached hydrogens (primary N) is 1. The minimum atomic E-state index is -3.67. The minimum absolute atomic E-state index is 0.267. The second-order valence-electron chi connectivity index (χ2n) is 3.87. The van der Waals surface area contributed by atoms with Gasteiger partial charge < -0.3 is 5.84 Å². The van der Waals surface area contributed by atoms with Crippen LogP contribution < -0.4 is 11.4 Å². The highest BCUT2D eigenvalue weighted by Gasteiger charge is 2.08. The van der Waals surface area contributed by atoms with Crippen LogP contribution in [0.5, 0.6) is 0 Å². The maximum atomic E-state index is 11.7. The first-order valence-corrected chi connectivity index (χ1v) is 7.24. The quantitative estimate of drug-likeness (QED) is 0.552. The van der Waals surface area contributed by atoms with Gasteiger partial charge in [-0.05, 0) is 6.92 Å². The molecule has 0 atom stereocenters. The van der Waals surface area contributed by atoms with Gasteiger partial charge in [-0.15, -0.1) is 10.2 Å². The van der Waals surface area contributed by atoms with Gasteiger partial charge >= 0.3 is 0 Å². The van der Waals surface area contributed by atoms with E-state index in [9.17, 15) is 13.2 Å². The SMILES string of the molecule is CS(=O)(=O)O.Cc1nnc(-c2ccccc2)c(=O)n1N. The smallest absolute Gasteiger partial charge is 0.298 e. The van der Waals surface area contributed by atoms with Crippen molar-refractivity contribution in [3.63, 3.8) is 0 Å². The molecule has 0 unspecified atom stereocenters. The molecule has 2 rings (SSSR count). The monoisotopic (exact) mass is 298 g/mol. The molecule has 8 nitrogen and oxygen atoms in total. The Labute approximate surface area is 115 Å². The third-order valence-electron chi connectivity index (χ3n) is 2.11. The standard InChI is InChI=1S/C10H10N4O.CH4O3S/c1-7-12-13-9(10(15)14(7)11)8-5-3-2-4-6-8;1-5(2,3)4/h2-6H,11H2,1H3;1H3,(H,2,3,4). The number of nitrogen functional groups attached to an aromatic ring is 1. The molecule has 1 aromatic carbocycles. The summed E-state index contributed by atoms with van der Waals surface area (Å²) in [5.74, 6) is 5.91. The van der Waals surface area contributed by atoms with Crippen molar-refractivity contribution in [1.82, 2.24) is 14.9 Å². The maximum absolute atomic E-state index is 11.7. The topological polar surface area (TPSA) is 128 Å². The summed E-state index contributed by atoms with van der Waals surface area (Å²) in [6, 6.07) is 9.11. The highest BCUT2D eigenvalue weighted by Crippen LogP contribution is 2.10. The van der Waals surface area contributed by atoms with Gasteiger partial charge in [0, 0.05) is 5.56 Å². The van der Waals surface area contributed by atoms with Gasteiger partial charge in [-0.25, -0.2) is 4.68 Å². The van der Waals surface area contributed by atoms with Crippen LogP contribution in [0.3, 0.4) is 0 Å². The summed E-state index contributed by atoms with van der Waals surface area (Å²) in [7, 11) is -3.67. The zero-order valence-corrected chi connectivity index (χ0v) is 11.7. The number of rotatable bonds is 1. The Kier molecular flexibility index (Phi) is 4.94. The van der Waals surface area contributed by atoms with E-state index in [1.807, 2.05) is 18.2 Å². The number of aryl methyl sites for hydroxylation is 1. The van der Waals surface area contributed by atoms with Crippen molar-refractivity contribution in [1.29, 1.82) is 0 Å². The zero-order valence-electron chi connectivity index (χ0n) is 10.9. The normalized spacial score (nSPS) is 10.6. The third-order valence-corrected chi connectivity index (χ3v) is 2.11. The molecule has 0 spiro atoms.